The largest absolute Gasteiger partial charge is 0.497 e. The van der Waals surface area contributed by atoms with Gasteiger partial charge in [0.15, 0.2) is 17.0 Å². The first-order chi connectivity index (χ1) is 16.1. The van der Waals surface area contributed by atoms with E-state index in [1.807, 2.05) is 48.5 Å². The minimum atomic E-state index is -0.435. The predicted octanol–water partition coefficient (Wildman–Crippen LogP) is 2.26. The summed E-state index contributed by atoms with van der Waals surface area (Å²) in [7, 11) is 4.53. The maximum Gasteiger partial charge on any atom is 0.311 e. The number of hydrogen-bond donors (Lipinski definition) is 0. The van der Waals surface area contributed by atoms with Crippen LogP contribution in [-0.4, -0.2) is 61.9 Å². The van der Waals surface area contributed by atoms with E-state index in [9.17, 15) is 4.79 Å². The maximum atomic E-state index is 12.0. The number of carbonyl (C=O) groups is 1. The van der Waals surface area contributed by atoms with Gasteiger partial charge in [0.1, 0.15) is 17.2 Å². The first-order valence-electron chi connectivity index (χ1n) is 9.98. The number of ether oxygens (including phenoxy) is 3. The third-order valence-electron chi connectivity index (χ3n) is 5.14. The monoisotopic (exact) mass is 445 g/mol. The molecule has 0 saturated heterocycles. The van der Waals surface area contributed by atoms with E-state index in [-0.39, 0.29) is 6.42 Å². The standard InChI is InChI=1S/C22H19N7O4/c1-31-15-8-4-13(5-9-15)20-23-22-25-24-19-17(12-18(30)33-3)26-28(21(19)29(22)27-20)14-6-10-16(32-2)11-7-14/h4-11H,12H2,1-3H3. The number of benzene rings is 2. The molecule has 0 atom stereocenters. The Morgan fingerprint density at radius 2 is 1.55 bits per heavy atom. The number of rotatable bonds is 6. The molecular weight excluding hydrogens is 426 g/mol. The normalized spacial score (nSPS) is 11.1. The van der Waals surface area contributed by atoms with Crippen LogP contribution in [0.3, 0.4) is 0 Å². The molecule has 0 bridgehead atoms. The molecule has 33 heavy (non-hydrogen) atoms. The topological polar surface area (TPSA) is 119 Å². The van der Waals surface area contributed by atoms with Crippen LogP contribution >= 0.6 is 0 Å². The fourth-order valence-corrected chi connectivity index (χ4v) is 3.44. The third-order valence-corrected chi connectivity index (χ3v) is 5.14. The van der Waals surface area contributed by atoms with Gasteiger partial charge in [-0.15, -0.1) is 15.3 Å². The van der Waals surface area contributed by atoms with Crippen molar-refractivity contribution in [3.8, 4) is 28.6 Å². The fraction of sp³-hybridized carbons (Fsp3) is 0.182. The number of hydrogen-bond acceptors (Lipinski definition) is 9. The Bertz CT molecular complexity index is 1460. The van der Waals surface area contributed by atoms with E-state index in [1.54, 1.807) is 23.4 Å². The lowest BCUT2D eigenvalue weighted by Gasteiger charge is -2.05. The molecule has 0 fully saturated rings. The van der Waals surface area contributed by atoms with Gasteiger partial charge in [-0.05, 0) is 48.5 Å². The quantitative estimate of drug-likeness (QED) is 0.363. The summed E-state index contributed by atoms with van der Waals surface area (Å²) in [6.07, 6.45) is -0.0592. The second kappa shape index (κ2) is 8.19. The summed E-state index contributed by atoms with van der Waals surface area (Å²) < 4.78 is 18.5. The Labute approximate surface area is 187 Å². The van der Waals surface area contributed by atoms with Gasteiger partial charge in [-0.25, -0.2) is 4.68 Å². The highest BCUT2D eigenvalue weighted by atomic mass is 16.5. The molecule has 0 spiro atoms. The molecule has 0 aliphatic rings. The van der Waals surface area contributed by atoms with Gasteiger partial charge in [-0.1, -0.05) is 0 Å². The average molecular weight is 445 g/mol. The van der Waals surface area contributed by atoms with Crippen molar-refractivity contribution in [2.24, 2.45) is 0 Å². The number of nitrogens with zero attached hydrogens (tertiary/aromatic N) is 7. The molecule has 3 aromatic heterocycles. The summed E-state index contributed by atoms with van der Waals surface area (Å²) in [5.41, 5.74) is 2.89. The van der Waals surface area contributed by atoms with E-state index < -0.39 is 5.97 Å². The van der Waals surface area contributed by atoms with Crippen molar-refractivity contribution >= 4 is 22.9 Å². The van der Waals surface area contributed by atoms with Crippen LogP contribution in [-0.2, 0) is 16.0 Å². The molecule has 11 heteroatoms. The van der Waals surface area contributed by atoms with E-state index >= 15 is 0 Å². The minimum absolute atomic E-state index is 0.0592. The van der Waals surface area contributed by atoms with Crippen LogP contribution in [0, 0.1) is 0 Å². The molecule has 3 heterocycles. The molecule has 2 aromatic carbocycles. The first kappa shape index (κ1) is 20.4. The average Bonchev–Trinajstić information content (AvgIpc) is 3.46. The number of aromatic nitrogens is 7. The summed E-state index contributed by atoms with van der Waals surface area (Å²) in [5.74, 6) is 1.77. The predicted molar refractivity (Wildman–Crippen MR) is 117 cm³/mol. The second-order valence-corrected chi connectivity index (χ2v) is 7.06. The molecule has 0 N–H and O–H groups in total. The van der Waals surface area contributed by atoms with Crippen LogP contribution in [0.2, 0.25) is 0 Å². The van der Waals surface area contributed by atoms with Crippen LogP contribution < -0.4 is 9.47 Å². The van der Waals surface area contributed by atoms with Gasteiger partial charge in [0.2, 0.25) is 0 Å². The number of methoxy groups -OCH3 is 3. The van der Waals surface area contributed by atoms with Crippen molar-refractivity contribution in [1.82, 2.24) is 34.6 Å². The van der Waals surface area contributed by atoms with Crippen LogP contribution in [0.5, 0.6) is 11.5 Å². The van der Waals surface area contributed by atoms with Crippen LogP contribution in [0.4, 0.5) is 0 Å². The Balaban J connectivity index is 1.72. The zero-order valence-corrected chi connectivity index (χ0v) is 18.1. The minimum Gasteiger partial charge on any atom is -0.497 e. The zero-order chi connectivity index (χ0) is 22.9. The van der Waals surface area contributed by atoms with Crippen molar-refractivity contribution in [3.63, 3.8) is 0 Å². The lowest BCUT2D eigenvalue weighted by molar-refractivity contribution is -0.139. The van der Waals surface area contributed by atoms with Crippen molar-refractivity contribution in [2.45, 2.75) is 6.42 Å². The summed E-state index contributed by atoms with van der Waals surface area (Å²) in [6, 6.07) is 14.7. The van der Waals surface area contributed by atoms with E-state index in [1.165, 1.54) is 7.11 Å². The molecule has 5 rings (SSSR count). The van der Waals surface area contributed by atoms with E-state index in [2.05, 4.69) is 25.4 Å². The van der Waals surface area contributed by atoms with Gasteiger partial charge in [-0.2, -0.15) is 14.6 Å². The Morgan fingerprint density at radius 1 is 0.879 bits per heavy atom. The van der Waals surface area contributed by atoms with Crippen LogP contribution in [0.25, 0.3) is 34.0 Å². The number of esters is 1. The van der Waals surface area contributed by atoms with Gasteiger partial charge in [0.25, 0.3) is 5.78 Å². The Hall–Kier alpha value is -4.54. The molecule has 5 aromatic rings. The van der Waals surface area contributed by atoms with Crippen molar-refractivity contribution in [3.05, 3.63) is 54.2 Å². The highest BCUT2D eigenvalue weighted by Gasteiger charge is 2.22. The van der Waals surface area contributed by atoms with Crippen LogP contribution in [0.15, 0.2) is 48.5 Å². The molecule has 0 amide bonds. The van der Waals surface area contributed by atoms with Crippen molar-refractivity contribution in [2.75, 3.05) is 21.3 Å². The lowest BCUT2D eigenvalue weighted by Crippen LogP contribution is -2.06. The zero-order valence-electron chi connectivity index (χ0n) is 18.1. The first-order valence-corrected chi connectivity index (χ1v) is 9.98. The number of carbonyl (C=O) groups excluding carboxylic acids is 1. The number of fused-ring (bicyclic) bond motifs is 3. The summed E-state index contributed by atoms with van der Waals surface area (Å²) >= 11 is 0. The smallest absolute Gasteiger partial charge is 0.311 e. The summed E-state index contributed by atoms with van der Waals surface area (Å²) in [5, 5.41) is 17.8. The fourth-order valence-electron chi connectivity index (χ4n) is 3.44. The molecule has 0 unspecified atom stereocenters. The highest BCUT2D eigenvalue weighted by Crippen LogP contribution is 2.25. The molecule has 166 valence electrons. The second-order valence-electron chi connectivity index (χ2n) is 7.06. The van der Waals surface area contributed by atoms with Crippen LogP contribution in [0.1, 0.15) is 5.69 Å². The van der Waals surface area contributed by atoms with Gasteiger partial charge < -0.3 is 14.2 Å². The van der Waals surface area contributed by atoms with Gasteiger partial charge in [-0.3, -0.25) is 4.79 Å². The highest BCUT2D eigenvalue weighted by molar-refractivity contribution is 5.82. The molecule has 11 nitrogen and oxygen atoms in total. The molecule has 0 aliphatic carbocycles. The van der Waals surface area contributed by atoms with Gasteiger partial charge in [0.05, 0.1) is 33.4 Å². The molecule has 0 radical (unpaired) electrons. The molecule has 0 saturated carbocycles. The third kappa shape index (κ3) is 3.59. The van der Waals surface area contributed by atoms with Gasteiger partial charge in [0, 0.05) is 5.56 Å². The lowest BCUT2D eigenvalue weighted by atomic mass is 10.2. The Morgan fingerprint density at radius 3 is 2.18 bits per heavy atom. The van der Waals surface area contributed by atoms with E-state index in [0.29, 0.717) is 34.2 Å². The van der Waals surface area contributed by atoms with Gasteiger partial charge >= 0.3 is 5.97 Å². The molecular formula is C22H19N7O4. The SMILES string of the molecule is COC(=O)Cc1nn(-c2ccc(OC)cc2)c2c1nnc1nc(-c3ccc(OC)cc3)nn12. The van der Waals surface area contributed by atoms with Crippen molar-refractivity contribution < 1.29 is 19.0 Å². The van der Waals surface area contributed by atoms with Crippen molar-refractivity contribution in [1.29, 1.82) is 0 Å². The summed E-state index contributed by atoms with van der Waals surface area (Å²) in [6.45, 7) is 0. The van der Waals surface area contributed by atoms with E-state index in [4.69, 9.17) is 14.2 Å². The summed E-state index contributed by atoms with van der Waals surface area (Å²) in [4.78, 5) is 16.5. The Kier molecular flexibility index (Phi) is 5.05. The van der Waals surface area contributed by atoms with E-state index in [0.717, 1.165) is 17.0 Å². The molecule has 0 aliphatic heterocycles. The maximum absolute atomic E-state index is 12.0.